The van der Waals surface area contributed by atoms with Crippen LogP contribution in [0, 0.1) is 11.8 Å². The Labute approximate surface area is 157 Å². The number of carbonyl (C=O) groups excluding carboxylic acids is 1. The van der Waals surface area contributed by atoms with Gasteiger partial charge in [-0.3, -0.25) is 9.69 Å². The Morgan fingerprint density at radius 2 is 2.00 bits per heavy atom. The Bertz CT molecular complexity index is 622. The third kappa shape index (κ3) is 4.57. The molecule has 142 valence electrons. The maximum absolute atomic E-state index is 12.6. The van der Waals surface area contributed by atoms with Crippen LogP contribution in [0.1, 0.15) is 32.6 Å². The van der Waals surface area contributed by atoms with Crippen LogP contribution in [0.5, 0.6) is 0 Å². The van der Waals surface area contributed by atoms with Gasteiger partial charge in [-0.05, 0) is 63.3 Å². The molecule has 1 aromatic carbocycles. The van der Waals surface area contributed by atoms with Crippen molar-refractivity contribution >= 4 is 17.3 Å². The van der Waals surface area contributed by atoms with E-state index in [4.69, 9.17) is 0 Å². The number of rotatable bonds is 5. The van der Waals surface area contributed by atoms with Gasteiger partial charge in [-0.15, -0.1) is 0 Å². The van der Waals surface area contributed by atoms with Crippen LogP contribution in [-0.4, -0.2) is 56.1 Å². The molecule has 1 aromatic rings. The van der Waals surface area contributed by atoms with Crippen LogP contribution in [0.4, 0.5) is 11.4 Å². The smallest absolute Gasteiger partial charge is 0.227 e. The van der Waals surface area contributed by atoms with Crippen LogP contribution in [0.25, 0.3) is 0 Å². The molecule has 4 rings (SSSR count). The van der Waals surface area contributed by atoms with Crippen molar-refractivity contribution < 1.29 is 4.79 Å². The van der Waals surface area contributed by atoms with Crippen LogP contribution >= 0.6 is 0 Å². The molecule has 5 heteroatoms. The van der Waals surface area contributed by atoms with E-state index >= 15 is 0 Å². The standard InChI is InChI=1S/C21H32N4O/c1-16-13-18(7-8-22-16)21(26)23-19-3-2-4-20(14-19)25-11-9-24(10-12-25)15-17-5-6-17/h2-4,14,16-18,22H,5-13,15H2,1H3,(H,23,26)/t16-,18-/m0/s1. The lowest BCUT2D eigenvalue weighted by atomic mass is 9.92. The first-order valence-corrected chi connectivity index (χ1v) is 10.3. The Hall–Kier alpha value is -1.59. The summed E-state index contributed by atoms with van der Waals surface area (Å²) in [4.78, 5) is 17.7. The second kappa shape index (κ2) is 7.97. The molecule has 1 aliphatic carbocycles. The van der Waals surface area contributed by atoms with Gasteiger partial charge in [0.05, 0.1) is 0 Å². The van der Waals surface area contributed by atoms with Crippen LogP contribution < -0.4 is 15.5 Å². The van der Waals surface area contributed by atoms with Crippen LogP contribution in [0.2, 0.25) is 0 Å². The summed E-state index contributed by atoms with van der Waals surface area (Å²) in [6, 6.07) is 8.80. The van der Waals surface area contributed by atoms with Gasteiger partial charge in [0.2, 0.25) is 5.91 Å². The number of nitrogens with zero attached hydrogens (tertiary/aromatic N) is 2. The molecule has 0 unspecified atom stereocenters. The van der Waals surface area contributed by atoms with Crippen LogP contribution in [0.15, 0.2) is 24.3 Å². The molecule has 2 N–H and O–H groups in total. The first-order chi connectivity index (χ1) is 12.7. The summed E-state index contributed by atoms with van der Waals surface area (Å²) < 4.78 is 0. The summed E-state index contributed by atoms with van der Waals surface area (Å²) in [5, 5.41) is 6.56. The van der Waals surface area contributed by atoms with Gasteiger partial charge in [0.25, 0.3) is 0 Å². The maximum Gasteiger partial charge on any atom is 0.227 e. The number of amides is 1. The normalized spacial score (nSPS) is 27.3. The summed E-state index contributed by atoms with van der Waals surface area (Å²) in [6.07, 6.45) is 4.71. The number of hydrogen-bond donors (Lipinski definition) is 2. The largest absolute Gasteiger partial charge is 0.369 e. The lowest BCUT2D eigenvalue weighted by Gasteiger charge is -2.36. The molecular weight excluding hydrogens is 324 g/mol. The van der Waals surface area contributed by atoms with Gasteiger partial charge in [-0.2, -0.15) is 0 Å². The highest BCUT2D eigenvalue weighted by atomic mass is 16.1. The Balaban J connectivity index is 1.32. The molecule has 2 atom stereocenters. The molecule has 2 aliphatic heterocycles. The number of anilines is 2. The molecule has 5 nitrogen and oxygen atoms in total. The number of nitrogens with one attached hydrogen (secondary N) is 2. The summed E-state index contributed by atoms with van der Waals surface area (Å²) >= 11 is 0. The zero-order chi connectivity index (χ0) is 17.9. The summed E-state index contributed by atoms with van der Waals surface area (Å²) in [5.41, 5.74) is 2.16. The molecular formula is C21H32N4O. The fraction of sp³-hybridized carbons (Fsp3) is 0.667. The molecule has 2 heterocycles. The van der Waals surface area contributed by atoms with Gasteiger partial charge in [0.1, 0.15) is 0 Å². The minimum absolute atomic E-state index is 0.126. The van der Waals surface area contributed by atoms with Gasteiger partial charge >= 0.3 is 0 Å². The van der Waals surface area contributed by atoms with Gasteiger partial charge in [0.15, 0.2) is 0 Å². The van der Waals surface area contributed by atoms with Gasteiger partial charge in [-0.25, -0.2) is 0 Å². The van der Waals surface area contributed by atoms with E-state index in [0.29, 0.717) is 6.04 Å². The predicted molar refractivity (Wildman–Crippen MR) is 107 cm³/mol. The maximum atomic E-state index is 12.6. The van der Waals surface area contributed by atoms with E-state index in [9.17, 15) is 4.79 Å². The quantitative estimate of drug-likeness (QED) is 0.851. The van der Waals surface area contributed by atoms with E-state index in [1.807, 2.05) is 6.07 Å². The average molecular weight is 357 g/mol. The highest BCUT2D eigenvalue weighted by molar-refractivity contribution is 5.93. The predicted octanol–water partition coefficient (Wildman–Crippen LogP) is 2.55. The molecule has 3 aliphatic rings. The van der Waals surface area contributed by atoms with Crippen molar-refractivity contribution in [1.29, 1.82) is 0 Å². The Morgan fingerprint density at radius 1 is 1.19 bits per heavy atom. The van der Waals surface area contributed by atoms with E-state index in [0.717, 1.165) is 57.2 Å². The van der Waals surface area contributed by atoms with E-state index < -0.39 is 0 Å². The Kier molecular flexibility index (Phi) is 5.46. The topological polar surface area (TPSA) is 47.6 Å². The van der Waals surface area contributed by atoms with Crippen LogP contribution in [0.3, 0.4) is 0 Å². The minimum atomic E-state index is 0.126. The van der Waals surface area contributed by atoms with Crippen molar-refractivity contribution in [3.63, 3.8) is 0 Å². The number of benzene rings is 1. The third-order valence-corrected chi connectivity index (χ3v) is 6.06. The second-order valence-electron chi connectivity index (χ2n) is 8.35. The SMILES string of the molecule is C[C@H]1C[C@@H](C(=O)Nc2cccc(N3CCN(CC4CC4)CC3)c2)CCN1. The van der Waals surface area contributed by atoms with Crippen molar-refractivity contribution in [3.05, 3.63) is 24.3 Å². The van der Waals surface area contributed by atoms with Gasteiger partial charge in [-0.1, -0.05) is 6.07 Å². The number of piperidine rings is 1. The minimum Gasteiger partial charge on any atom is -0.369 e. The molecule has 0 aromatic heterocycles. The Morgan fingerprint density at radius 3 is 2.73 bits per heavy atom. The molecule has 1 saturated carbocycles. The van der Waals surface area contributed by atoms with E-state index in [1.54, 1.807) is 0 Å². The van der Waals surface area contributed by atoms with E-state index in [1.165, 1.54) is 25.1 Å². The lowest BCUT2D eigenvalue weighted by molar-refractivity contribution is -0.120. The van der Waals surface area contributed by atoms with E-state index in [-0.39, 0.29) is 11.8 Å². The molecule has 0 spiro atoms. The fourth-order valence-corrected chi connectivity index (χ4v) is 4.25. The van der Waals surface area contributed by atoms with Crippen LogP contribution in [-0.2, 0) is 4.79 Å². The van der Waals surface area contributed by atoms with Gasteiger partial charge < -0.3 is 15.5 Å². The summed E-state index contributed by atoms with van der Waals surface area (Å²) in [6.45, 7) is 8.85. The highest BCUT2D eigenvalue weighted by Crippen LogP contribution is 2.30. The van der Waals surface area contributed by atoms with Crippen molar-refractivity contribution in [3.8, 4) is 0 Å². The monoisotopic (exact) mass is 356 g/mol. The lowest BCUT2D eigenvalue weighted by Crippen LogP contribution is -2.47. The van der Waals surface area contributed by atoms with Crippen molar-refractivity contribution in [2.24, 2.45) is 11.8 Å². The second-order valence-corrected chi connectivity index (χ2v) is 8.35. The molecule has 0 bridgehead atoms. The molecule has 0 radical (unpaired) electrons. The molecule has 3 fully saturated rings. The van der Waals surface area contributed by atoms with Gasteiger partial charge in [0, 0.05) is 56.1 Å². The van der Waals surface area contributed by atoms with Crippen molar-refractivity contribution in [2.45, 2.75) is 38.6 Å². The van der Waals surface area contributed by atoms with E-state index in [2.05, 4.69) is 45.6 Å². The fourth-order valence-electron chi connectivity index (χ4n) is 4.25. The van der Waals surface area contributed by atoms with Crippen molar-refractivity contribution in [2.75, 3.05) is 49.5 Å². The first-order valence-electron chi connectivity index (χ1n) is 10.3. The summed E-state index contributed by atoms with van der Waals surface area (Å²) in [5.74, 6) is 1.27. The number of piperazine rings is 1. The molecule has 1 amide bonds. The zero-order valence-corrected chi connectivity index (χ0v) is 15.9. The third-order valence-electron chi connectivity index (χ3n) is 6.06. The first kappa shape index (κ1) is 17.8. The summed E-state index contributed by atoms with van der Waals surface area (Å²) in [7, 11) is 0. The highest BCUT2D eigenvalue weighted by Gasteiger charge is 2.27. The molecule has 26 heavy (non-hydrogen) atoms. The molecule has 2 saturated heterocycles. The van der Waals surface area contributed by atoms with Crippen molar-refractivity contribution in [1.82, 2.24) is 10.2 Å². The number of hydrogen-bond acceptors (Lipinski definition) is 4. The average Bonchev–Trinajstić information content (AvgIpc) is 3.47. The zero-order valence-electron chi connectivity index (χ0n) is 15.9. The number of carbonyl (C=O) groups is 1.